The summed E-state index contributed by atoms with van der Waals surface area (Å²) in [5.74, 6) is 0.0553. The van der Waals surface area contributed by atoms with Crippen molar-refractivity contribution in [3.63, 3.8) is 0 Å². The van der Waals surface area contributed by atoms with Crippen molar-refractivity contribution in [3.8, 4) is 0 Å². The normalized spacial score (nSPS) is 12.5. The largest absolute Gasteiger partial charge is 0.396 e. The molecule has 88 valence electrons. The fourth-order valence-electron chi connectivity index (χ4n) is 1.25. The van der Waals surface area contributed by atoms with Gasteiger partial charge >= 0.3 is 0 Å². The fourth-order valence-corrected chi connectivity index (χ4v) is 2.38. The van der Waals surface area contributed by atoms with Crippen LogP contribution in [0.5, 0.6) is 0 Å². The predicted molar refractivity (Wildman–Crippen MR) is 63.4 cm³/mol. The van der Waals surface area contributed by atoms with Crippen molar-refractivity contribution in [2.24, 2.45) is 5.92 Å². The van der Waals surface area contributed by atoms with Gasteiger partial charge in [0.15, 0.2) is 5.78 Å². The summed E-state index contributed by atoms with van der Waals surface area (Å²) in [5, 5.41) is 8.89. The molecule has 1 unspecified atom stereocenters. The summed E-state index contributed by atoms with van der Waals surface area (Å²) in [6, 6.07) is 4.61. The van der Waals surface area contributed by atoms with Crippen LogP contribution in [0.2, 0.25) is 0 Å². The third-order valence-electron chi connectivity index (χ3n) is 2.16. The first-order valence-electron chi connectivity index (χ1n) is 5.09. The van der Waals surface area contributed by atoms with E-state index in [1.165, 1.54) is 24.8 Å². The molecule has 1 aromatic carbocycles. The molecule has 0 radical (unpaired) electrons. The van der Waals surface area contributed by atoms with Gasteiger partial charge in [-0.3, -0.25) is 4.79 Å². The molecule has 1 atom stereocenters. The zero-order chi connectivity index (χ0) is 12.1. The van der Waals surface area contributed by atoms with Gasteiger partial charge in [-0.15, -0.1) is 11.8 Å². The average molecular weight is 242 g/mol. The number of halogens is 1. The van der Waals surface area contributed by atoms with E-state index in [0.29, 0.717) is 10.6 Å². The lowest BCUT2D eigenvalue weighted by molar-refractivity contribution is 0.101. The first-order valence-corrected chi connectivity index (χ1v) is 6.08. The van der Waals surface area contributed by atoms with E-state index in [1.54, 1.807) is 12.1 Å². The lowest BCUT2D eigenvalue weighted by Gasteiger charge is -2.10. The molecule has 0 aliphatic rings. The number of hydrogen-bond donors (Lipinski definition) is 1. The number of carbonyl (C=O) groups is 1. The van der Waals surface area contributed by atoms with Crippen molar-refractivity contribution in [1.29, 1.82) is 0 Å². The van der Waals surface area contributed by atoms with Crippen LogP contribution in [0.4, 0.5) is 4.39 Å². The van der Waals surface area contributed by atoms with Gasteiger partial charge in [0, 0.05) is 17.3 Å². The lowest BCUT2D eigenvalue weighted by atomic mass is 10.1. The van der Waals surface area contributed by atoms with Gasteiger partial charge in [-0.2, -0.15) is 0 Å². The molecule has 0 fully saturated rings. The van der Waals surface area contributed by atoms with Crippen LogP contribution in [-0.4, -0.2) is 23.2 Å². The second-order valence-electron chi connectivity index (χ2n) is 3.77. The standard InChI is InChI=1S/C12H15FO2S/c1-8(6-14)7-16-11-5-3-4-10(13)12(11)9(2)15/h3-5,8,14H,6-7H2,1-2H3. The summed E-state index contributed by atoms with van der Waals surface area (Å²) in [5.41, 5.74) is 0.151. The zero-order valence-electron chi connectivity index (χ0n) is 9.37. The van der Waals surface area contributed by atoms with Gasteiger partial charge in [-0.05, 0) is 25.0 Å². The smallest absolute Gasteiger partial charge is 0.163 e. The maximum Gasteiger partial charge on any atom is 0.163 e. The summed E-state index contributed by atoms with van der Waals surface area (Å²) in [7, 11) is 0. The highest BCUT2D eigenvalue weighted by Gasteiger charge is 2.13. The van der Waals surface area contributed by atoms with E-state index >= 15 is 0 Å². The van der Waals surface area contributed by atoms with Crippen LogP contribution in [-0.2, 0) is 0 Å². The lowest BCUT2D eigenvalue weighted by Crippen LogP contribution is -2.05. The van der Waals surface area contributed by atoms with E-state index in [9.17, 15) is 9.18 Å². The molecule has 0 saturated heterocycles. The molecule has 4 heteroatoms. The number of benzene rings is 1. The number of thioether (sulfide) groups is 1. The van der Waals surface area contributed by atoms with E-state index in [-0.39, 0.29) is 23.9 Å². The van der Waals surface area contributed by atoms with E-state index in [2.05, 4.69) is 0 Å². The number of aliphatic hydroxyl groups excluding tert-OH is 1. The first kappa shape index (κ1) is 13.2. The number of aliphatic hydroxyl groups is 1. The summed E-state index contributed by atoms with van der Waals surface area (Å²) in [4.78, 5) is 11.9. The number of carbonyl (C=O) groups excluding carboxylic acids is 1. The van der Waals surface area contributed by atoms with Crippen molar-refractivity contribution in [2.75, 3.05) is 12.4 Å². The highest BCUT2D eigenvalue weighted by Crippen LogP contribution is 2.26. The van der Waals surface area contributed by atoms with Gasteiger partial charge in [-0.25, -0.2) is 4.39 Å². The molecule has 2 nitrogen and oxygen atoms in total. The Hall–Kier alpha value is -0.870. The fraction of sp³-hybridized carbons (Fsp3) is 0.417. The molecule has 0 amide bonds. The Morgan fingerprint density at radius 2 is 2.25 bits per heavy atom. The Morgan fingerprint density at radius 3 is 2.81 bits per heavy atom. The predicted octanol–water partition coefficient (Wildman–Crippen LogP) is 2.75. The van der Waals surface area contributed by atoms with Gasteiger partial charge in [0.25, 0.3) is 0 Å². The summed E-state index contributed by atoms with van der Waals surface area (Å²) >= 11 is 1.40. The van der Waals surface area contributed by atoms with Gasteiger partial charge in [0.2, 0.25) is 0 Å². The Morgan fingerprint density at radius 1 is 1.56 bits per heavy atom. The van der Waals surface area contributed by atoms with Crippen LogP contribution >= 0.6 is 11.8 Å². The van der Waals surface area contributed by atoms with Crippen molar-refractivity contribution in [2.45, 2.75) is 18.7 Å². The molecule has 1 N–H and O–H groups in total. The monoisotopic (exact) mass is 242 g/mol. The van der Waals surface area contributed by atoms with E-state index in [1.807, 2.05) is 6.92 Å². The minimum Gasteiger partial charge on any atom is -0.396 e. The van der Waals surface area contributed by atoms with Crippen LogP contribution < -0.4 is 0 Å². The minimum atomic E-state index is -0.478. The van der Waals surface area contributed by atoms with Crippen LogP contribution in [0.3, 0.4) is 0 Å². The molecule has 16 heavy (non-hydrogen) atoms. The summed E-state index contributed by atoms with van der Waals surface area (Å²) in [6.45, 7) is 3.36. The van der Waals surface area contributed by atoms with Crippen LogP contribution in [0, 0.1) is 11.7 Å². The first-order chi connectivity index (χ1) is 7.56. The SMILES string of the molecule is CC(=O)c1c(F)cccc1SCC(C)CO. The quantitative estimate of drug-likeness (QED) is 0.637. The molecule has 0 heterocycles. The Balaban J connectivity index is 2.87. The van der Waals surface area contributed by atoms with Gasteiger partial charge in [0.05, 0.1) is 5.56 Å². The van der Waals surface area contributed by atoms with Gasteiger partial charge < -0.3 is 5.11 Å². The van der Waals surface area contributed by atoms with Gasteiger partial charge in [-0.1, -0.05) is 13.0 Å². The molecule has 0 spiro atoms. The second kappa shape index (κ2) is 6.01. The third kappa shape index (κ3) is 3.32. The molecule has 0 bridgehead atoms. The number of hydrogen-bond acceptors (Lipinski definition) is 3. The van der Waals surface area contributed by atoms with Crippen LogP contribution in [0.1, 0.15) is 24.2 Å². The van der Waals surface area contributed by atoms with Crippen molar-refractivity contribution < 1.29 is 14.3 Å². The number of ketones is 1. The van der Waals surface area contributed by atoms with Crippen molar-refractivity contribution in [1.82, 2.24) is 0 Å². The molecule has 0 saturated carbocycles. The van der Waals surface area contributed by atoms with E-state index < -0.39 is 5.82 Å². The molecular weight excluding hydrogens is 227 g/mol. The molecule has 1 rings (SSSR count). The Kier molecular flexibility index (Phi) is 4.96. The molecule has 0 aliphatic heterocycles. The minimum absolute atomic E-state index is 0.0950. The van der Waals surface area contributed by atoms with E-state index in [0.717, 1.165) is 0 Å². The maximum atomic E-state index is 13.4. The number of rotatable bonds is 5. The van der Waals surface area contributed by atoms with E-state index in [4.69, 9.17) is 5.11 Å². The zero-order valence-corrected chi connectivity index (χ0v) is 10.2. The van der Waals surface area contributed by atoms with Crippen LogP contribution in [0.15, 0.2) is 23.1 Å². The number of Topliss-reactive ketones (excluding diaryl/α,β-unsaturated/α-hetero) is 1. The summed E-state index contributed by atoms with van der Waals surface area (Å²) < 4.78 is 13.4. The molecular formula is C12H15FO2S. The highest BCUT2D eigenvalue weighted by molar-refractivity contribution is 7.99. The molecule has 0 aromatic heterocycles. The highest BCUT2D eigenvalue weighted by atomic mass is 32.2. The second-order valence-corrected chi connectivity index (χ2v) is 4.83. The average Bonchev–Trinajstić information content (AvgIpc) is 2.25. The van der Waals surface area contributed by atoms with Crippen LogP contribution in [0.25, 0.3) is 0 Å². The Bertz CT molecular complexity index is 379. The van der Waals surface area contributed by atoms with Crippen molar-refractivity contribution >= 4 is 17.5 Å². The van der Waals surface area contributed by atoms with Gasteiger partial charge in [0.1, 0.15) is 5.82 Å². The third-order valence-corrected chi connectivity index (χ3v) is 3.55. The maximum absolute atomic E-state index is 13.4. The Labute approximate surface area is 98.9 Å². The summed E-state index contributed by atoms with van der Waals surface area (Å²) in [6.07, 6.45) is 0. The molecule has 0 aliphatic carbocycles. The topological polar surface area (TPSA) is 37.3 Å². The van der Waals surface area contributed by atoms with Crippen molar-refractivity contribution in [3.05, 3.63) is 29.6 Å². The molecule has 1 aromatic rings.